The summed E-state index contributed by atoms with van der Waals surface area (Å²) in [5, 5.41) is 0. The first-order chi connectivity index (χ1) is 16.8. The van der Waals surface area contributed by atoms with Crippen LogP contribution in [0.5, 0.6) is 0 Å². The molecule has 0 N–H and O–H groups in total. The molecule has 0 atom stereocenters. The topological polar surface area (TPSA) is 9.23 Å². The zero-order chi connectivity index (χ0) is 25.3. The van der Waals surface area contributed by atoms with Gasteiger partial charge in [-0.1, -0.05) is 42.5 Å². The molecule has 1 fully saturated rings. The van der Waals surface area contributed by atoms with E-state index in [2.05, 4.69) is 12.7 Å². The van der Waals surface area contributed by atoms with E-state index in [1.807, 2.05) is 43.3 Å². The fraction of sp³-hybridized carbons (Fsp3) is 0.467. The summed E-state index contributed by atoms with van der Waals surface area (Å²) < 4.78 is 63.4. The van der Waals surface area contributed by atoms with Crippen LogP contribution < -0.4 is 0 Å². The lowest BCUT2D eigenvalue weighted by Crippen LogP contribution is -2.24. The summed E-state index contributed by atoms with van der Waals surface area (Å²) in [6, 6.07) is 9.79. The van der Waals surface area contributed by atoms with E-state index in [1.165, 1.54) is 0 Å². The van der Waals surface area contributed by atoms with Crippen LogP contribution in [-0.2, 0) is 23.7 Å². The first-order valence-electron chi connectivity index (χ1n) is 12.6. The molecule has 3 rings (SSSR count). The second-order valence-corrected chi connectivity index (χ2v) is 9.48. The Morgan fingerprint density at radius 2 is 1.54 bits per heavy atom. The fourth-order valence-electron chi connectivity index (χ4n) is 4.90. The van der Waals surface area contributed by atoms with Crippen molar-refractivity contribution in [2.45, 2.75) is 76.7 Å². The van der Waals surface area contributed by atoms with Crippen LogP contribution in [0.1, 0.15) is 80.0 Å². The lowest BCUT2D eigenvalue weighted by Gasteiger charge is -2.29. The molecule has 2 aromatic rings. The van der Waals surface area contributed by atoms with E-state index < -0.39 is 23.3 Å². The predicted octanol–water partition coefficient (Wildman–Crippen LogP) is 9.02. The van der Waals surface area contributed by atoms with Crippen LogP contribution >= 0.6 is 0 Å². The third-order valence-electron chi connectivity index (χ3n) is 6.99. The predicted molar refractivity (Wildman–Crippen MR) is 134 cm³/mol. The van der Waals surface area contributed by atoms with E-state index in [4.69, 9.17) is 4.74 Å². The van der Waals surface area contributed by atoms with Gasteiger partial charge in [-0.05, 0) is 105 Å². The van der Waals surface area contributed by atoms with Crippen molar-refractivity contribution in [2.75, 3.05) is 6.61 Å². The molecular weight excluding hydrogens is 452 g/mol. The fourth-order valence-corrected chi connectivity index (χ4v) is 4.90. The molecule has 0 unspecified atom stereocenters. The molecule has 1 saturated carbocycles. The van der Waals surface area contributed by atoms with E-state index in [0.29, 0.717) is 11.5 Å². The molecule has 190 valence electrons. The SMILES string of the molecule is C=CCCC1CCC(c2cc(F)c(C(F)(F)OCCc3ccc(CC/C=C/C)cc3)c(F)c2)CC1. The molecule has 0 bridgehead atoms. The second kappa shape index (κ2) is 13.1. The number of alkyl halides is 2. The lowest BCUT2D eigenvalue weighted by molar-refractivity contribution is -0.251. The second-order valence-electron chi connectivity index (χ2n) is 9.48. The maximum absolute atomic E-state index is 14.7. The van der Waals surface area contributed by atoms with Crippen LogP contribution in [0.3, 0.4) is 0 Å². The molecule has 0 radical (unpaired) electrons. The zero-order valence-electron chi connectivity index (χ0n) is 20.5. The molecule has 5 heteroatoms. The summed E-state index contributed by atoms with van der Waals surface area (Å²) in [5.74, 6) is -1.91. The van der Waals surface area contributed by atoms with E-state index in [0.717, 1.165) is 74.6 Å². The lowest BCUT2D eigenvalue weighted by atomic mass is 9.77. The number of benzene rings is 2. The summed E-state index contributed by atoms with van der Waals surface area (Å²) in [6.45, 7) is 5.37. The van der Waals surface area contributed by atoms with Gasteiger partial charge in [-0.15, -0.1) is 6.58 Å². The van der Waals surface area contributed by atoms with E-state index in [1.54, 1.807) is 0 Å². The van der Waals surface area contributed by atoms with Crippen LogP contribution in [0.25, 0.3) is 0 Å². The summed E-state index contributed by atoms with van der Waals surface area (Å²) >= 11 is 0. The number of halogens is 4. The normalized spacial score (nSPS) is 18.8. The quantitative estimate of drug-likeness (QED) is 0.214. The van der Waals surface area contributed by atoms with Gasteiger partial charge in [0.25, 0.3) is 0 Å². The molecule has 2 aromatic carbocycles. The molecule has 1 nitrogen and oxygen atoms in total. The Hall–Kier alpha value is -2.40. The van der Waals surface area contributed by atoms with Gasteiger partial charge in [-0.3, -0.25) is 0 Å². The molecule has 1 aliphatic rings. The smallest absolute Gasteiger partial charge is 0.316 e. The van der Waals surface area contributed by atoms with Gasteiger partial charge in [-0.2, -0.15) is 8.78 Å². The highest BCUT2D eigenvalue weighted by atomic mass is 19.3. The van der Waals surface area contributed by atoms with Crippen molar-refractivity contribution in [1.29, 1.82) is 0 Å². The molecule has 0 heterocycles. The molecule has 1 aliphatic carbocycles. The Morgan fingerprint density at radius 1 is 0.943 bits per heavy atom. The van der Waals surface area contributed by atoms with Gasteiger partial charge in [0.05, 0.1) is 6.61 Å². The van der Waals surface area contributed by atoms with Gasteiger partial charge in [-0.25, -0.2) is 8.78 Å². The maximum atomic E-state index is 14.7. The number of ether oxygens (including phenoxy) is 1. The van der Waals surface area contributed by atoms with E-state index >= 15 is 0 Å². The van der Waals surface area contributed by atoms with Crippen LogP contribution in [0.2, 0.25) is 0 Å². The van der Waals surface area contributed by atoms with Gasteiger partial charge in [0.15, 0.2) is 0 Å². The summed E-state index contributed by atoms with van der Waals surface area (Å²) in [6.07, 6.45) is 9.62. The van der Waals surface area contributed by atoms with Crippen LogP contribution in [0.4, 0.5) is 17.6 Å². The number of hydrogen-bond acceptors (Lipinski definition) is 1. The van der Waals surface area contributed by atoms with Crippen LogP contribution in [-0.4, -0.2) is 6.61 Å². The Balaban J connectivity index is 1.57. The molecule has 0 saturated heterocycles. The molecule has 0 amide bonds. The average molecular weight is 489 g/mol. The third kappa shape index (κ3) is 7.79. The summed E-state index contributed by atoms with van der Waals surface area (Å²) in [4.78, 5) is 0. The van der Waals surface area contributed by atoms with Gasteiger partial charge in [0.1, 0.15) is 17.2 Å². The highest BCUT2D eigenvalue weighted by Crippen LogP contribution is 2.40. The van der Waals surface area contributed by atoms with Crippen molar-refractivity contribution < 1.29 is 22.3 Å². The van der Waals surface area contributed by atoms with Crippen molar-refractivity contribution >= 4 is 0 Å². The number of allylic oxidation sites excluding steroid dienone is 3. The van der Waals surface area contributed by atoms with E-state index in [9.17, 15) is 17.6 Å². The van der Waals surface area contributed by atoms with E-state index in [-0.39, 0.29) is 18.9 Å². The van der Waals surface area contributed by atoms with Crippen molar-refractivity contribution in [1.82, 2.24) is 0 Å². The molecule has 35 heavy (non-hydrogen) atoms. The molecule has 0 aromatic heterocycles. The monoisotopic (exact) mass is 488 g/mol. The molecular formula is C30H36F4O. The largest absolute Gasteiger partial charge is 0.389 e. The number of rotatable bonds is 12. The Kier molecular flexibility index (Phi) is 10.1. The van der Waals surface area contributed by atoms with Crippen molar-refractivity contribution in [3.05, 3.63) is 95.1 Å². The van der Waals surface area contributed by atoms with Gasteiger partial charge < -0.3 is 4.74 Å². The zero-order valence-corrected chi connectivity index (χ0v) is 20.5. The first-order valence-corrected chi connectivity index (χ1v) is 12.6. The minimum Gasteiger partial charge on any atom is -0.316 e. The maximum Gasteiger partial charge on any atom is 0.389 e. The molecule has 0 spiro atoms. The Morgan fingerprint density at radius 3 is 2.11 bits per heavy atom. The first kappa shape index (κ1) is 27.2. The third-order valence-corrected chi connectivity index (χ3v) is 6.99. The van der Waals surface area contributed by atoms with Crippen molar-refractivity contribution in [3.63, 3.8) is 0 Å². The summed E-state index contributed by atoms with van der Waals surface area (Å²) in [5.41, 5.74) is 1.14. The van der Waals surface area contributed by atoms with Crippen molar-refractivity contribution in [3.8, 4) is 0 Å². The molecule has 0 aliphatic heterocycles. The van der Waals surface area contributed by atoms with Crippen LogP contribution in [0, 0.1) is 17.6 Å². The van der Waals surface area contributed by atoms with Gasteiger partial charge >= 0.3 is 6.11 Å². The Labute approximate surface area is 206 Å². The highest BCUT2D eigenvalue weighted by molar-refractivity contribution is 5.31. The minimum atomic E-state index is -4.04. The Bertz CT molecular complexity index is 949. The van der Waals surface area contributed by atoms with Gasteiger partial charge in [0, 0.05) is 0 Å². The standard InChI is InChI=1S/C30H36F4O/c1-3-5-7-9-23-10-12-24(13-11-23)18-19-35-30(33,34)29-27(31)20-26(21-28(29)32)25-16-14-22(15-17-25)8-6-4-2/h3-5,10-13,20-22,25H,2,6-9,14-19H2,1H3/b5-3+. The number of hydrogen-bond donors (Lipinski definition) is 0. The summed E-state index contributed by atoms with van der Waals surface area (Å²) in [7, 11) is 0. The van der Waals surface area contributed by atoms with Crippen molar-refractivity contribution in [2.24, 2.45) is 5.92 Å². The average Bonchev–Trinajstić information content (AvgIpc) is 2.83. The number of aryl methyl sites for hydroxylation is 1. The highest BCUT2D eigenvalue weighted by Gasteiger charge is 2.40. The van der Waals surface area contributed by atoms with Gasteiger partial charge in [0.2, 0.25) is 0 Å². The van der Waals surface area contributed by atoms with Crippen LogP contribution in [0.15, 0.2) is 61.2 Å². The minimum absolute atomic E-state index is 0.0106.